The summed E-state index contributed by atoms with van der Waals surface area (Å²) in [5.41, 5.74) is 2.53. The molecule has 0 saturated carbocycles. The first-order valence-electron chi connectivity index (χ1n) is 5.96. The van der Waals surface area contributed by atoms with Crippen LogP contribution in [0.4, 0.5) is 5.69 Å². The van der Waals surface area contributed by atoms with Crippen molar-refractivity contribution < 1.29 is 4.74 Å². The Morgan fingerprint density at radius 3 is 2.94 bits per heavy atom. The van der Waals surface area contributed by atoms with Crippen LogP contribution >= 0.6 is 15.9 Å². The second kappa shape index (κ2) is 5.85. The molecule has 94 valence electrons. The highest BCUT2D eigenvalue weighted by atomic mass is 79.9. The Balaban J connectivity index is 2.12. The summed E-state index contributed by atoms with van der Waals surface area (Å²) in [5.74, 6) is 0. The molecule has 0 aliphatic carbocycles. The first kappa shape index (κ1) is 12.9. The molecule has 1 aromatic rings. The summed E-state index contributed by atoms with van der Waals surface area (Å²) >= 11 is 3.63. The van der Waals surface area contributed by atoms with E-state index in [2.05, 4.69) is 51.4 Å². The fourth-order valence-corrected chi connectivity index (χ4v) is 2.63. The lowest BCUT2D eigenvalue weighted by Crippen LogP contribution is -2.31. The molecule has 1 aliphatic rings. The summed E-state index contributed by atoms with van der Waals surface area (Å²) in [7, 11) is 4.10. The van der Waals surface area contributed by atoms with Crippen LogP contribution < -0.4 is 10.2 Å². The number of ether oxygens (including phenoxy) is 1. The molecule has 17 heavy (non-hydrogen) atoms. The van der Waals surface area contributed by atoms with Gasteiger partial charge in [-0.3, -0.25) is 0 Å². The van der Waals surface area contributed by atoms with Crippen molar-refractivity contribution in [2.45, 2.75) is 19.0 Å². The minimum absolute atomic E-state index is 0.511. The van der Waals surface area contributed by atoms with E-state index >= 15 is 0 Å². The maximum atomic E-state index is 5.43. The number of halogens is 1. The predicted molar refractivity (Wildman–Crippen MR) is 74.5 cm³/mol. The van der Waals surface area contributed by atoms with Gasteiger partial charge < -0.3 is 15.0 Å². The molecule has 3 nitrogen and oxygen atoms in total. The van der Waals surface area contributed by atoms with E-state index < -0.39 is 0 Å². The van der Waals surface area contributed by atoms with Crippen molar-refractivity contribution in [1.82, 2.24) is 5.32 Å². The lowest BCUT2D eigenvalue weighted by Gasteiger charge is -2.26. The van der Waals surface area contributed by atoms with Gasteiger partial charge in [-0.1, -0.05) is 22.0 Å². The van der Waals surface area contributed by atoms with Gasteiger partial charge in [-0.15, -0.1) is 0 Å². The number of hydrogen-bond donors (Lipinski definition) is 1. The minimum Gasteiger partial charge on any atom is -0.379 e. The van der Waals surface area contributed by atoms with Gasteiger partial charge in [0.25, 0.3) is 0 Å². The van der Waals surface area contributed by atoms with Gasteiger partial charge >= 0.3 is 0 Å². The van der Waals surface area contributed by atoms with E-state index in [-0.39, 0.29) is 0 Å². The minimum atomic E-state index is 0.511. The average molecular weight is 299 g/mol. The Labute approximate surface area is 111 Å². The van der Waals surface area contributed by atoms with Crippen molar-refractivity contribution in [3.8, 4) is 0 Å². The zero-order chi connectivity index (χ0) is 12.3. The molecule has 1 heterocycles. The summed E-state index contributed by atoms with van der Waals surface area (Å²) in [6.07, 6.45) is 1.12. The SMILES string of the molecule is CNCc1ccc(N(C)C2CCOC2)cc1Br. The predicted octanol–water partition coefficient (Wildman–Crippen LogP) is 2.39. The largest absolute Gasteiger partial charge is 0.379 e. The molecule has 1 atom stereocenters. The Hall–Kier alpha value is -0.580. The van der Waals surface area contributed by atoms with E-state index in [1.165, 1.54) is 11.3 Å². The maximum absolute atomic E-state index is 5.43. The average Bonchev–Trinajstić information content (AvgIpc) is 2.84. The van der Waals surface area contributed by atoms with Gasteiger partial charge in [0, 0.05) is 30.4 Å². The third-order valence-electron chi connectivity index (χ3n) is 3.26. The summed E-state index contributed by atoms with van der Waals surface area (Å²) < 4.78 is 6.59. The highest BCUT2D eigenvalue weighted by Gasteiger charge is 2.20. The Morgan fingerprint density at radius 2 is 2.35 bits per heavy atom. The molecule has 1 saturated heterocycles. The molecular weight excluding hydrogens is 280 g/mol. The molecule has 1 aromatic carbocycles. The Bertz CT molecular complexity index is 378. The highest BCUT2D eigenvalue weighted by Crippen LogP contribution is 2.26. The number of rotatable bonds is 4. The maximum Gasteiger partial charge on any atom is 0.0670 e. The van der Waals surface area contributed by atoms with Crippen LogP contribution in [-0.2, 0) is 11.3 Å². The van der Waals surface area contributed by atoms with Crippen molar-refractivity contribution in [3.63, 3.8) is 0 Å². The number of benzene rings is 1. The number of nitrogens with one attached hydrogen (secondary N) is 1. The topological polar surface area (TPSA) is 24.5 Å². The quantitative estimate of drug-likeness (QED) is 0.924. The standard InChI is InChI=1S/C13H19BrN2O/c1-15-8-10-3-4-11(7-13(10)14)16(2)12-5-6-17-9-12/h3-4,7,12,15H,5-6,8-9H2,1-2H3. The summed E-state index contributed by atoms with van der Waals surface area (Å²) in [6, 6.07) is 7.04. The third kappa shape index (κ3) is 3.00. The van der Waals surface area contributed by atoms with E-state index in [0.29, 0.717) is 6.04 Å². The molecule has 0 bridgehead atoms. The Kier molecular flexibility index (Phi) is 4.42. The van der Waals surface area contributed by atoms with Gasteiger partial charge in [-0.05, 0) is 31.2 Å². The highest BCUT2D eigenvalue weighted by molar-refractivity contribution is 9.10. The van der Waals surface area contributed by atoms with Crippen molar-refractivity contribution in [2.24, 2.45) is 0 Å². The van der Waals surface area contributed by atoms with Crippen LogP contribution in [0.2, 0.25) is 0 Å². The van der Waals surface area contributed by atoms with Crippen LogP contribution in [0, 0.1) is 0 Å². The van der Waals surface area contributed by atoms with Crippen LogP contribution in [0.1, 0.15) is 12.0 Å². The molecule has 1 N–H and O–H groups in total. The zero-order valence-corrected chi connectivity index (χ0v) is 12.0. The summed E-state index contributed by atoms with van der Waals surface area (Å²) in [6.45, 7) is 2.61. The summed E-state index contributed by atoms with van der Waals surface area (Å²) in [4.78, 5) is 2.31. The van der Waals surface area contributed by atoms with Gasteiger partial charge in [-0.25, -0.2) is 0 Å². The third-order valence-corrected chi connectivity index (χ3v) is 4.00. The number of nitrogens with zero attached hydrogens (tertiary/aromatic N) is 1. The second-order valence-electron chi connectivity index (χ2n) is 4.43. The molecular formula is C13H19BrN2O. The van der Waals surface area contributed by atoms with Crippen LogP contribution in [0.25, 0.3) is 0 Å². The summed E-state index contributed by atoms with van der Waals surface area (Å²) in [5, 5.41) is 3.17. The van der Waals surface area contributed by atoms with E-state index in [1.807, 2.05) is 7.05 Å². The first-order chi connectivity index (χ1) is 8.22. The molecule has 0 radical (unpaired) electrons. The van der Waals surface area contributed by atoms with Crippen LogP contribution in [-0.4, -0.2) is 33.4 Å². The van der Waals surface area contributed by atoms with Crippen LogP contribution in [0.5, 0.6) is 0 Å². The molecule has 0 aromatic heterocycles. The molecule has 0 spiro atoms. The van der Waals surface area contributed by atoms with E-state index in [1.54, 1.807) is 0 Å². The van der Waals surface area contributed by atoms with Crippen LogP contribution in [0.3, 0.4) is 0 Å². The lowest BCUT2D eigenvalue weighted by molar-refractivity contribution is 0.193. The van der Waals surface area contributed by atoms with Gasteiger partial charge in [0.05, 0.1) is 12.6 Å². The molecule has 0 amide bonds. The number of likely N-dealkylation sites (N-methyl/N-ethyl adjacent to an activating group) is 1. The molecule has 1 aliphatic heterocycles. The molecule has 1 fully saturated rings. The van der Waals surface area contributed by atoms with Crippen molar-refractivity contribution in [1.29, 1.82) is 0 Å². The fourth-order valence-electron chi connectivity index (χ4n) is 2.13. The smallest absolute Gasteiger partial charge is 0.0670 e. The van der Waals surface area contributed by atoms with Gasteiger partial charge in [0.15, 0.2) is 0 Å². The van der Waals surface area contributed by atoms with E-state index in [4.69, 9.17) is 4.74 Å². The van der Waals surface area contributed by atoms with Crippen molar-refractivity contribution in [2.75, 3.05) is 32.2 Å². The van der Waals surface area contributed by atoms with Crippen LogP contribution in [0.15, 0.2) is 22.7 Å². The monoisotopic (exact) mass is 298 g/mol. The van der Waals surface area contributed by atoms with Gasteiger partial charge in [0.1, 0.15) is 0 Å². The fraction of sp³-hybridized carbons (Fsp3) is 0.538. The molecule has 2 rings (SSSR count). The number of hydrogen-bond acceptors (Lipinski definition) is 3. The van der Waals surface area contributed by atoms with E-state index in [9.17, 15) is 0 Å². The molecule has 1 unspecified atom stereocenters. The van der Waals surface area contributed by atoms with E-state index in [0.717, 1.165) is 30.7 Å². The zero-order valence-electron chi connectivity index (χ0n) is 10.4. The Morgan fingerprint density at radius 1 is 1.53 bits per heavy atom. The molecule has 4 heteroatoms. The second-order valence-corrected chi connectivity index (χ2v) is 5.29. The van der Waals surface area contributed by atoms with Crippen molar-refractivity contribution >= 4 is 21.6 Å². The number of anilines is 1. The first-order valence-corrected chi connectivity index (χ1v) is 6.75. The normalized spacial score (nSPS) is 19.6. The van der Waals surface area contributed by atoms with Gasteiger partial charge in [0.2, 0.25) is 0 Å². The lowest BCUT2D eigenvalue weighted by atomic mass is 10.1. The van der Waals surface area contributed by atoms with Crippen molar-refractivity contribution in [3.05, 3.63) is 28.2 Å². The van der Waals surface area contributed by atoms with Gasteiger partial charge in [-0.2, -0.15) is 0 Å².